The average Bonchev–Trinajstić information content (AvgIpc) is 2.53. The maximum atomic E-state index is 12.9. The van der Waals surface area contributed by atoms with Gasteiger partial charge in [-0.15, -0.1) is 0 Å². The summed E-state index contributed by atoms with van der Waals surface area (Å²) in [5, 5.41) is 4.72. The van der Waals surface area contributed by atoms with Gasteiger partial charge in [0.05, 0.1) is 11.1 Å². The molecule has 0 aliphatic rings. The van der Waals surface area contributed by atoms with Gasteiger partial charge in [-0.2, -0.15) is 26.3 Å². The summed E-state index contributed by atoms with van der Waals surface area (Å²) < 4.78 is 77.1. The largest absolute Gasteiger partial charge is 0.416 e. The Morgan fingerprint density at radius 1 is 0.815 bits per heavy atom. The lowest BCUT2D eigenvalue weighted by Gasteiger charge is -2.16. The maximum absolute atomic E-state index is 12.9. The number of hydrogen-bond donors (Lipinski definition) is 2. The molecule has 2 rings (SSSR count). The fraction of sp³-hybridized carbons (Fsp3) is 0.176. The highest BCUT2D eigenvalue weighted by molar-refractivity contribution is 7.80. The molecule has 0 saturated carbocycles. The Labute approximate surface area is 155 Å². The van der Waals surface area contributed by atoms with Gasteiger partial charge in [0.15, 0.2) is 10.9 Å². The van der Waals surface area contributed by atoms with E-state index in [0.717, 1.165) is 0 Å². The monoisotopic (exact) mass is 406 g/mol. The molecule has 144 valence electrons. The number of rotatable bonds is 3. The number of carbonyl (C=O) groups excluding carboxylic acids is 1. The Bertz CT molecular complexity index is 827. The molecule has 0 fully saturated rings. The summed E-state index contributed by atoms with van der Waals surface area (Å²) in [5.74, 6) is -0.161. The van der Waals surface area contributed by atoms with E-state index in [0.29, 0.717) is 23.4 Å². The summed E-state index contributed by atoms with van der Waals surface area (Å²) in [6, 6.07) is 7.08. The van der Waals surface area contributed by atoms with Gasteiger partial charge in [0.25, 0.3) is 0 Å². The fourth-order valence-electron chi connectivity index (χ4n) is 2.11. The van der Waals surface area contributed by atoms with Crippen molar-refractivity contribution in [3.8, 4) is 0 Å². The number of Topliss-reactive ketones (excluding diaryl/α,β-unsaturated/α-hetero) is 1. The molecule has 10 heteroatoms. The Morgan fingerprint density at radius 2 is 1.26 bits per heavy atom. The van der Waals surface area contributed by atoms with E-state index < -0.39 is 29.2 Å². The highest BCUT2D eigenvalue weighted by Crippen LogP contribution is 2.37. The minimum Gasteiger partial charge on any atom is -0.332 e. The molecule has 0 saturated heterocycles. The van der Waals surface area contributed by atoms with Crippen LogP contribution in [0.15, 0.2) is 42.5 Å². The lowest BCUT2D eigenvalue weighted by Crippen LogP contribution is -2.20. The van der Waals surface area contributed by atoms with E-state index in [-0.39, 0.29) is 17.0 Å². The first-order valence-corrected chi connectivity index (χ1v) is 7.75. The molecule has 0 amide bonds. The Morgan fingerprint density at radius 3 is 1.67 bits per heavy atom. The first kappa shape index (κ1) is 20.7. The zero-order valence-corrected chi connectivity index (χ0v) is 14.4. The molecular formula is C17H12F6N2OS. The Hall–Kier alpha value is -2.62. The van der Waals surface area contributed by atoms with Crippen molar-refractivity contribution in [1.82, 2.24) is 0 Å². The lowest BCUT2D eigenvalue weighted by molar-refractivity contribution is -0.143. The second kappa shape index (κ2) is 7.55. The van der Waals surface area contributed by atoms with Gasteiger partial charge in [0.2, 0.25) is 0 Å². The number of halogens is 6. The van der Waals surface area contributed by atoms with Gasteiger partial charge in [-0.05, 0) is 61.6 Å². The number of hydrogen-bond acceptors (Lipinski definition) is 2. The summed E-state index contributed by atoms with van der Waals surface area (Å²) in [5.41, 5.74) is -2.52. The second-order valence-corrected chi connectivity index (χ2v) is 5.92. The zero-order chi connectivity index (χ0) is 20.4. The van der Waals surface area contributed by atoms with Gasteiger partial charge in [-0.3, -0.25) is 4.79 Å². The van der Waals surface area contributed by atoms with Gasteiger partial charge in [0.1, 0.15) is 0 Å². The Balaban J connectivity index is 2.22. The van der Waals surface area contributed by atoms with Gasteiger partial charge < -0.3 is 10.6 Å². The third-order valence-electron chi connectivity index (χ3n) is 3.39. The first-order chi connectivity index (χ1) is 12.4. The van der Waals surface area contributed by atoms with Gasteiger partial charge >= 0.3 is 12.4 Å². The number of carbonyl (C=O) groups is 1. The van der Waals surface area contributed by atoms with Crippen LogP contribution in [-0.4, -0.2) is 10.9 Å². The van der Waals surface area contributed by atoms with Crippen LogP contribution in [-0.2, 0) is 12.4 Å². The third kappa shape index (κ3) is 5.68. The van der Waals surface area contributed by atoms with Crippen LogP contribution in [0.1, 0.15) is 28.4 Å². The smallest absolute Gasteiger partial charge is 0.332 e. The SMILES string of the molecule is CC(=O)c1ccc(NC(=S)Nc2cc(C(F)(F)F)cc(C(F)(F)F)c2)cc1. The van der Waals surface area contributed by atoms with E-state index in [1.807, 2.05) is 0 Å². The lowest BCUT2D eigenvalue weighted by atomic mass is 10.1. The topological polar surface area (TPSA) is 41.1 Å². The van der Waals surface area contributed by atoms with Crippen LogP contribution in [0.4, 0.5) is 37.7 Å². The van der Waals surface area contributed by atoms with Crippen molar-refractivity contribution < 1.29 is 31.1 Å². The molecule has 2 aromatic rings. The van der Waals surface area contributed by atoms with Gasteiger partial charge in [-0.25, -0.2) is 0 Å². The number of ketones is 1. The predicted octanol–water partition coefficient (Wildman–Crippen LogP) is 5.74. The molecule has 0 aromatic heterocycles. The minimum atomic E-state index is -4.95. The van der Waals surface area contributed by atoms with Crippen LogP contribution in [0.5, 0.6) is 0 Å². The number of nitrogens with one attached hydrogen (secondary N) is 2. The van der Waals surface area contributed by atoms with Crippen LogP contribution < -0.4 is 10.6 Å². The summed E-state index contributed by atoms with van der Waals surface area (Å²) in [6.45, 7) is 1.38. The van der Waals surface area contributed by atoms with E-state index in [9.17, 15) is 31.1 Å². The van der Waals surface area contributed by atoms with Crippen molar-refractivity contribution in [3.63, 3.8) is 0 Å². The third-order valence-corrected chi connectivity index (χ3v) is 3.60. The zero-order valence-electron chi connectivity index (χ0n) is 13.6. The van der Waals surface area contributed by atoms with Crippen LogP contribution in [0.3, 0.4) is 0 Å². The van der Waals surface area contributed by atoms with Gasteiger partial charge in [-0.1, -0.05) is 0 Å². The molecule has 3 nitrogen and oxygen atoms in total. The number of thiocarbonyl (C=S) groups is 1. The molecule has 0 aliphatic carbocycles. The summed E-state index contributed by atoms with van der Waals surface area (Å²) in [7, 11) is 0. The van der Waals surface area contributed by atoms with Crippen molar-refractivity contribution in [2.75, 3.05) is 10.6 Å². The molecule has 0 aliphatic heterocycles. The highest BCUT2D eigenvalue weighted by atomic mass is 32.1. The molecule has 0 radical (unpaired) electrons. The van der Waals surface area contributed by atoms with E-state index >= 15 is 0 Å². The second-order valence-electron chi connectivity index (χ2n) is 5.51. The first-order valence-electron chi connectivity index (χ1n) is 7.35. The number of benzene rings is 2. The highest BCUT2D eigenvalue weighted by Gasteiger charge is 2.37. The molecule has 0 heterocycles. The molecule has 0 unspecified atom stereocenters. The molecule has 27 heavy (non-hydrogen) atoms. The molecule has 0 bridgehead atoms. The van der Waals surface area contributed by atoms with Crippen molar-refractivity contribution >= 4 is 34.5 Å². The molecule has 2 N–H and O–H groups in total. The van der Waals surface area contributed by atoms with Crippen molar-refractivity contribution in [3.05, 3.63) is 59.2 Å². The minimum absolute atomic E-state index is 0.0299. The van der Waals surface area contributed by atoms with E-state index in [1.54, 1.807) is 0 Å². The Kier molecular flexibility index (Phi) is 5.79. The predicted molar refractivity (Wildman–Crippen MR) is 92.7 cm³/mol. The van der Waals surface area contributed by atoms with Crippen LogP contribution in [0.2, 0.25) is 0 Å². The van der Waals surface area contributed by atoms with E-state index in [1.165, 1.54) is 31.2 Å². The molecule has 2 aromatic carbocycles. The molecular weight excluding hydrogens is 394 g/mol. The quantitative estimate of drug-likeness (QED) is 0.388. The standard InChI is InChI=1S/C17H12F6N2OS/c1-9(26)10-2-4-13(5-3-10)24-15(27)25-14-7-11(16(18,19)20)6-12(8-14)17(21,22)23/h2-8H,1H3,(H2,24,25,27). The maximum Gasteiger partial charge on any atom is 0.416 e. The normalized spacial score (nSPS) is 11.8. The average molecular weight is 406 g/mol. The van der Waals surface area contributed by atoms with Crippen molar-refractivity contribution in [2.45, 2.75) is 19.3 Å². The fourth-order valence-corrected chi connectivity index (χ4v) is 2.34. The van der Waals surface area contributed by atoms with E-state index in [2.05, 4.69) is 10.6 Å². The summed E-state index contributed by atoms with van der Waals surface area (Å²) in [4.78, 5) is 11.2. The van der Waals surface area contributed by atoms with Crippen molar-refractivity contribution in [1.29, 1.82) is 0 Å². The summed E-state index contributed by atoms with van der Waals surface area (Å²) >= 11 is 4.92. The number of alkyl halides is 6. The molecule has 0 spiro atoms. The summed E-state index contributed by atoms with van der Waals surface area (Å²) in [6.07, 6.45) is -9.90. The van der Waals surface area contributed by atoms with Crippen molar-refractivity contribution in [2.24, 2.45) is 0 Å². The van der Waals surface area contributed by atoms with Crippen LogP contribution >= 0.6 is 12.2 Å². The van der Waals surface area contributed by atoms with Gasteiger partial charge in [0, 0.05) is 16.9 Å². The van der Waals surface area contributed by atoms with E-state index in [4.69, 9.17) is 12.2 Å². The molecule has 0 atom stereocenters. The number of anilines is 2. The van der Waals surface area contributed by atoms with Crippen LogP contribution in [0.25, 0.3) is 0 Å². The van der Waals surface area contributed by atoms with Crippen LogP contribution in [0, 0.1) is 0 Å².